The number of carboxylic acids is 1. The molecule has 1 aromatic heterocycles. The number of rotatable bonds is 5. The summed E-state index contributed by atoms with van der Waals surface area (Å²) in [4.78, 5) is 10.6. The topological polar surface area (TPSA) is 64.3 Å². The normalized spacial score (nSPS) is 13.9. The van der Waals surface area contributed by atoms with Crippen LogP contribution in [0.2, 0.25) is 0 Å². The summed E-state index contributed by atoms with van der Waals surface area (Å²) in [6.45, 7) is -0.0436. The van der Waals surface area contributed by atoms with Crippen LogP contribution in [-0.4, -0.2) is 27.5 Å². The minimum absolute atomic E-state index is 0.248. The van der Waals surface area contributed by atoms with Crippen molar-refractivity contribution in [1.29, 1.82) is 0 Å². The number of fused-ring (bicyclic) bond motifs is 1. The Labute approximate surface area is 137 Å². The Hall–Kier alpha value is -1.66. The van der Waals surface area contributed by atoms with Crippen LogP contribution in [0.15, 0.2) is 28.7 Å². The maximum Gasteiger partial charge on any atom is 0.329 e. The second kappa shape index (κ2) is 6.62. The first-order chi connectivity index (χ1) is 10.6. The number of halogens is 1. The Morgan fingerprint density at radius 3 is 2.73 bits per heavy atom. The van der Waals surface area contributed by atoms with Crippen molar-refractivity contribution in [3.63, 3.8) is 0 Å². The quantitative estimate of drug-likeness (QED) is 0.884. The second-order valence-electron chi connectivity index (χ2n) is 5.35. The van der Waals surface area contributed by atoms with Crippen molar-refractivity contribution < 1.29 is 14.6 Å². The van der Waals surface area contributed by atoms with Crippen LogP contribution in [0.4, 0.5) is 0 Å². The van der Waals surface area contributed by atoms with Crippen molar-refractivity contribution in [3.8, 4) is 5.69 Å². The van der Waals surface area contributed by atoms with Crippen LogP contribution >= 0.6 is 15.9 Å². The second-order valence-corrected chi connectivity index (χ2v) is 6.27. The Morgan fingerprint density at radius 1 is 1.27 bits per heavy atom. The zero-order valence-corrected chi connectivity index (χ0v) is 13.7. The van der Waals surface area contributed by atoms with Crippen LogP contribution < -0.4 is 0 Å². The molecule has 0 spiro atoms. The van der Waals surface area contributed by atoms with Gasteiger partial charge in [0.05, 0.1) is 18.0 Å². The molecule has 0 aliphatic heterocycles. The zero-order valence-electron chi connectivity index (χ0n) is 12.1. The molecule has 5 nitrogen and oxygen atoms in total. The lowest BCUT2D eigenvalue weighted by atomic mass is 9.96. The van der Waals surface area contributed by atoms with Gasteiger partial charge < -0.3 is 9.84 Å². The maximum absolute atomic E-state index is 10.6. The minimum atomic E-state index is -0.957. The molecule has 0 amide bonds. The molecule has 0 unspecified atom stereocenters. The lowest BCUT2D eigenvalue weighted by Crippen LogP contribution is -2.09. The average molecular weight is 365 g/mol. The molecule has 1 heterocycles. The van der Waals surface area contributed by atoms with Crippen molar-refractivity contribution in [3.05, 3.63) is 45.7 Å². The van der Waals surface area contributed by atoms with Gasteiger partial charge in [0.25, 0.3) is 0 Å². The molecule has 1 N–H and O–H groups in total. The minimum Gasteiger partial charge on any atom is -0.480 e. The summed E-state index contributed by atoms with van der Waals surface area (Å²) in [6.07, 6.45) is 4.28. The van der Waals surface area contributed by atoms with Gasteiger partial charge in [-0.2, -0.15) is 5.10 Å². The van der Waals surface area contributed by atoms with E-state index in [-0.39, 0.29) is 13.2 Å². The van der Waals surface area contributed by atoms with Gasteiger partial charge in [-0.15, -0.1) is 0 Å². The smallest absolute Gasteiger partial charge is 0.329 e. The Morgan fingerprint density at radius 2 is 2.00 bits per heavy atom. The molecule has 0 saturated carbocycles. The number of aromatic nitrogens is 2. The first-order valence-electron chi connectivity index (χ1n) is 7.30. The third kappa shape index (κ3) is 3.23. The summed E-state index contributed by atoms with van der Waals surface area (Å²) in [5.41, 5.74) is 4.33. The molecule has 0 saturated heterocycles. The van der Waals surface area contributed by atoms with Gasteiger partial charge >= 0.3 is 5.97 Å². The molecule has 0 fully saturated rings. The number of hydrogen-bond donors (Lipinski definition) is 1. The van der Waals surface area contributed by atoms with Gasteiger partial charge in [-0.25, -0.2) is 9.48 Å². The van der Waals surface area contributed by atoms with Crippen molar-refractivity contribution in [2.45, 2.75) is 32.3 Å². The Kier molecular flexibility index (Phi) is 4.59. The van der Waals surface area contributed by atoms with Crippen LogP contribution in [0, 0.1) is 0 Å². The van der Waals surface area contributed by atoms with Gasteiger partial charge in [-0.05, 0) is 55.5 Å². The third-order valence-electron chi connectivity index (χ3n) is 3.80. The summed E-state index contributed by atoms with van der Waals surface area (Å²) in [5, 5.41) is 13.4. The summed E-state index contributed by atoms with van der Waals surface area (Å²) in [6, 6.07) is 8.03. The lowest BCUT2D eigenvalue weighted by Gasteiger charge is -2.14. The van der Waals surface area contributed by atoms with Crippen LogP contribution in [0.25, 0.3) is 5.69 Å². The van der Waals surface area contributed by atoms with Crippen LogP contribution in [0.3, 0.4) is 0 Å². The van der Waals surface area contributed by atoms with Crippen LogP contribution in [0.5, 0.6) is 0 Å². The molecule has 0 bridgehead atoms. The fraction of sp³-hybridized carbons (Fsp3) is 0.375. The molecule has 116 valence electrons. The summed E-state index contributed by atoms with van der Waals surface area (Å²) < 4.78 is 8.24. The van der Waals surface area contributed by atoms with E-state index in [4.69, 9.17) is 9.84 Å². The van der Waals surface area contributed by atoms with E-state index in [0.29, 0.717) is 0 Å². The molecular formula is C16H17BrN2O3. The van der Waals surface area contributed by atoms with Crippen molar-refractivity contribution in [2.24, 2.45) is 0 Å². The van der Waals surface area contributed by atoms with Crippen molar-refractivity contribution in [1.82, 2.24) is 9.78 Å². The maximum atomic E-state index is 10.6. The van der Waals surface area contributed by atoms with Crippen molar-refractivity contribution >= 4 is 21.9 Å². The molecule has 6 heteroatoms. The van der Waals surface area contributed by atoms with Gasteiger partial charge in [0.15, 0.2) is 0 Å². The van der Waals surface area contributed by atoms with Gasteiger partial charge in [0, 0.05) is 10.2 Å². The van der Waals surface area contributed by atoms with Crippen molar-refractivity contribution in [2.75, 3.05) is 6.61 Å². The van der Waals surface area contributed by atoms with Crippen LogP contribution in [-0.2, 0) is 29.0 Å². The van der Waals surface area contributed by atoms with E-state index in [9.17, 15) is 4.79 Å². The van der Waals surface area contributed by atoms with E-state index in [1.165, 1.54) is 11.3 Å². The lowest BCUT2D eigenvalue weighted by molar-refractivity contribution is -0.142. The van der Waals surface area contributed by atoms with E-state index in [0.717, 1.165) is 41.5 Å². The Bertz CT molecular complexity index is 679. The molecular weight excluding hydrogens is 348 g/mol. The third-order valence-corrected chi connectivity index (χ3v) is 4.33. The van der Waals surface area contributed by atoms with E-state index >= 15 is 0 Å². The van der Waals surface area contributed by atoms with E-state index < -0.39 is 5.97 Å². The summed E-state index contributed by atoms with van der Waals surface area (Å²) >= 11 is 3.44. The molecule has 3 rings (SSSR count). The zero-order chi connectivity index (χ0) is 15.5. The fourth-order valence-corrected chi connectivity index (χ4v) is 3.09. The molecule has 0 radical (unpaired) electrons. The molecule has 1 aliphatic carbocycles. The van der Waals surface area contributed by atoms with Gasteiger partial charge in [-0.3, -0.25) is 0 Å². The van der Waals surface area contributed by atoms with E-state index in [1.54, 1.807) is 0 Å². The fourth-order valence-electron chi connectivity index (χ4n) is 2.82. The van der Waals surface area contributed by atoms with Gasteiger partial charge in [0.1, 0.15) is 6.61 Å². The standard InChI is InChI=1S/C16H17BrN2O3/c17-11-5-7-12(8-6-11)19-15-4-2-1-3-13(15)14(18-19)9-22-10-16(20)21/h5-8H,1-4,9-10H2,(H,20,21). The highest BCUT2D eigenvalue weighted by Gasteiger charge is 2.21. The molecule has 1 aromatic carbocycles. The number of benzene rings is 1. The number of hydrogen-bond acceptors (Lipinski definition) is 3. The Balaban J connectivity index is 1.91. The highest BCUT2D eigenvalue weighted by Crippen LogP contribution is 2.27. The van der Waals surface area contributed by atoms with E-state index in [2.05, 4.69) is 21.0 Å². The highest BCUT2D eigenvalue weighted by molar-refractivity contribution is 9.10. The average Bonchev–Trinajstić information content (AvgIpc) is 2.87. The number of nitrogens with zero attached hydrogens (tertiary/aromatic N) is 2. The molecule has 2 aromatic rings. The number of carbonyl (C=O) groups is 1. The molecule has 0 atom stereocenters. The monoisotopic (exact) mass is 364 g/mol. The SMILES string of the molecule is O=C(O)COCc1nn(-c2ccc(Br)cc2)c2c1CCCC2. The highest BCUT2D eigenvalue weighted by atomic mass is 79.9. The number of carboxylic acid groups (broad SMARTS) is 1. The van der Waals surface area contributed by atoms with Gasteiger partial charge in [0.2, 0.25) is 0 Å². The predicted octanol–water partition coefficient (Wildman–Crippen LogP) is 3.11. The first kappa shape index (κ1) is 15.2. The van der Waals surface area contributed by atoms with Crippen LogP contribution in [0.1, 0.15) is 29.8 Å². The number of ether oxygens (including phenoxy) is 1. The largest absolute Gasteiger partial charge is 0.480 e. The molecule has 1 aliphatic rings. The predicted molar refractivity (Wildman–Crippen MR) is 85.2 cm³/mol. The first-order valence-corrected chi connectivity index (χ1v) is 8.09. The molecule has 22 heavy (non-hydrogen) atoms. The number of aliphatic carboxylic acids is 1. The van der Waals surface area contributed by atoms with E-state index in [1.807, 2.05) is 28.9 Å². The van der Waals surface area contributed by atoms with Gasteiger partial charge in [-0.1, -0.05) is 15.9 Å². The summed E-state index contributed by atoms with van der Waals surface area (Å²) in [7, 11) is 0. The summed E-state index contributed by atoms with van der Waals surface area (Å²) in [5.74, 6) is -0.957.